The lowest BCUT2D eigenvalue weighted by Gasteiger charge is -2.24. The third-order valence-corrected chi connectivity index (χ3v) is 4.93. The molecule has 3 N–H and O–H groups in total. The van der Waals surface area contributed by atoms with Crippen LogP contribution in [0.15, 0.2) is 23.1 Å². The number of carboxylic acids is 1. The van der Waals surface area contributed by atoms with Gasteiger partial charge >= 0.3 is 5.97 Å². The second kappa shape index (κ2) is 6.21. The standard InChI is InChI=1S/C12H18N2O5S/c1-8(7-19-3)14(2)20(17,18)11-6-9(13)4-5-10(11)12(15)16/h4-6,8H,7,13H2,1-3H3,(H,15,16). The number of nitrogen functional groups attached to an aromatic ring is 1. The highest BCUT2D eigenvalue weighted by molar-refractivity contribution is 7.89. The first-order valence-corrected chi connectivity index (χ1v) is 7.25. The maximum atomic E-state index is 12.5. The van der Waals surface area contributed by atoms with Gasteiger partial charge in [0.15, 0.2) is 0 Å². The molecule has 0 heterocycles. The van der Waals surface area contributed by atoms with E-state index >= 15 is 0 Å². The molecule has 1 aromatic rings. The van der Waals surface area contributed by atoms with Crippen molar-refractivity contribution in [1.82, 2.24) is 4.31 Å². The van der Waals surface area contributed by atoms with Crippen molar-refractivity contribution in [2.24, 2.45) is 0 Å². The average Bonchev–Trinajstić information content (AvgIpc) is 2.37. The Kier molecular flexibility index (Phi) is 5.09. The number of benzene rings is 1. The van der Waals surface area contributed by atoms with Gasteiger partial charge in [-0.05, 0) is 25.1 Å². The summed E-state index contributed by atoms with van der Waals surface area (Å²) in [5.41, 5.74) is 5.43. The summed E-state index contributed by atoms with van der Waals surface area (Å²) in [5, 5.41) is 9.10. The van der Waals surface area contributed by atoms with Gasteiger partial charge in [-0.1, -0.05) is 0 Å². The Morgan fingerprint density at radius 3 is 2.60 bits per heavy atom. The number of nitrogens with two attached hydrogens (primary N) is 1. The van der Waals surface area contributed by atoms with Gasteiger partial charge in [-0.25, -0.2) is 13.2 Å². The molecule has 1 unspecified atom stereocenters. The summed E-state index contributed by atoms with van der Waals surface area (Å²) in [6.45, 7) is 1.86. The minimum Gasteiger partial charge on any atom is -0.478 e. The van der Waals surface area contributed by atoms with Gasteiger partial charge in [-0.3, -0.25) is 0 Å². The Morgan fingerprint density at radius 2 is 2.10 bits per heavy atom. The quantitative estimate of drug-likeness (QED) is 0.745. The first kappa shape index (κ1) is 16.4. The number of methoxy groups -OCH3 is 1. The summed E-state index contributed by atoms with van der Waals surface area (Å²) in [6, 6.07) is 3.24. The first-order chi connectivity index (χ1) is 9.21. The molecule has 0 amide bonds. The molecule has 0 saturated heterocycles. The van der Waals surface area contributed by atoms with Crippen molar-refractivity contribution in [2.45, 2.75) is 17.9 Å². The molecule has 8 heteroatoms. The van der Waals surface area contributed by atoms with Gasteiger partial charge in [0.25, 0.3) is 0 Å². The maximum absolute atomic E-state index is 12.5. The Morgan fingerprint density at radius 1 is 1.50 bits per heavy atom. The Bertz CT molecular complexity index is 600. The lowest BCUT2D eigenvalue weighted by Crippen LogP contribution is -2.38. The fraction of sp³-hybridized carbons (Fsp3) is 0.417. The van der Waals surface area contributed by atoms with Crippen molar-refractivity contribution in [3.63, 3.8) is 0 Å². The van der Waals surface area contributed by atoms with E-state index in [2.05, 4.69) is 0 Å². The van der Waals surface area contributed by atoms with Crippen LogP contribution in [-0.4, -0.2) is 50.6 Å². The van der Waals surface area contributed by atoms with Crippen LogP contribution in [0.5, 0.6) is 0 Å². The van der Waals surface area contributed by atoms with E-state index < -0.39 is 22.0 Å². The van der Waals surface area contributed by atoms with Crippen LogP contribution in [0.4, 0.5) is 5.69 Å². The van der Waals surface area contributed by atoms with E-state index in [1.807, 2.05) is 0 Å². The largest absolute Gasteiger partial charge is 0.478 e. The lowest BCUT2D eigenvalue weighted by atomic mass is 10.2. The Balaban J connectivity index is 3.34. The number of hydrogen-bond donors (Lipinski definition) is 2. The molecule has 0 fully saturated rings. The zero-order valence-electron chi connectivity index (χ0n) is 11.5. The third-order valence-electron chi connectivity index (χ3n) is 2.92. The number of carboxylic acid groups (broad SMARTS) is 1. The third kappa shape index (κ3) is 3.27. The molecule has 0 saturated carbocycles. The van der Waals surface area contributed by atoms with Crippen LogP contribution < -0.4 is 5.73 Å². The number of carbonyl (C=O) groups is 1. The van der Waals surface area contributed by atoms with Crippen LogP contribution in [0, 0.1) is 0 Å². The highest BCUT2D eigenvalue weighted by Crippen LogP contribution is 2.23. The van der Waals surface area contributed by atoms with Crippen molar-refractivity contribution < 1.29 is 23.1 Å². The fourth-order valence-electron chi connectivity index (χ4n) is 1.67. The van der Waals surface area contributed by atoms with Gasteiger partial charge in [0.1, 0.15) is 0 Å². The van der Waals surface area contributed by atoms with Crippen molar-refractivity contribution in [3.8, 4) is 0 Å². The monoisotopic (exact) mass is 302 g/mol. The molecule has 20 heavy (non-hydrogen) atoms. The number of likely N-dealkylation sites (N-methyl/N-ethyl adjacent to an activating group) is 1. The molecule has 1 aromatic carbocycles. The SMILES string of the molecule is COCC(C)N(C)S(=O)(=O)c1cc(N)ccc1C(=O)O. The fourth-order valence-corrected chi connectivity index (χ4v) is 3.23. The van der Waals surface area contributed by atoms with Crippen LogP contribution in [0.1, 0.15) is 17.3 Å². The molecule has 112 valence electrons. The van der Waals surface area contributed by atoms with Gasteiger partial charge < -0.3 is 15.6 Å². The number of rotatable bonds is 6. The Labute approximate surface area is 118 Å². The van der Waals surface area contributed by atoms with E-state index in [0.717, 1.165) is 10.4 Å². The average molecular weight is 302 g/mol. The minimum absolute atomic E-state index is 0.182. The number of hydrogen-bond acceptors (Lipinski definition) is 5. The summed E-state index contributed by atoms with van der Waals surface area (Å²) < 4.78 is 30.9. The predicted molar refractivity (Wildman–Crippen MR) is 74.1 cm³/mol. The summed E-state index contributed by atoms with van der Waals surface area (Å²) in [4.78, 5) is 10.8. The molecular formula is C12H18N2O5S. The normalized spacial score (nSPS) is 13.4. The van der Waals surface area contributed by atoms with Crippen LogP contribution >= 0.6 is 0 Å². The maximum Gasteiger partial charge on any atom is 0.337 e. The predicted octanol–water partition coefficient (Wildman–Crippen LogP) is 0.622. The van der Waals surface area contributed by atoms with Gasteiger partial charge in [-0.2, -0.15) is 4.31 Å². The molecule has 7 nitrogen and oxygen atoms in total. The zero-order chi connectivity index (χ0) is 15.5. The number of ether oxygens (including phenoxy) is 1. The summed E-state index contributed by atoms with van der Waals surface area (Å²) in [5.74, 6) is -1.32. The van der Waals surface area contributed by atoms with Gasteiger partial charge in [0.2, 0.25) is 10.0 Å². The highest BCUT2D eigenvalue weighted by Gasteiger charge is 2.29. The van der Waals surface area contributed by atoms with Gasteiger partial charge in [-0.15, -0.1) is 0 Å². The molecule has 0 bridgehead atoms. The summed E-state index contributed by atoms with van der Waals surface area (Å²) in [7, 11) is -1.14. The van der Waals surface area contributed by atoms with Crippen molar-refractivity contribution in [1.29, 1.82) is 0 Å². The molecule has 0 aromatic heterocycles. The molecular weight excluding hydrogens is 284 g/mol. The van der Waals surface area contributed by atoms with Crippen LogP contribution in [-0.2, 0) is 14.8 Å². The summed E-state index contributed by atoms with van der Waals surface area (Å²) >= 11 is 0. The Hall–Kier alpha value is -1.64. The lowest BCUT2D eigenvalue weighted by molar-refractivity contribution is 0.0692. The molecule has 0 aliphatic heterocycles. The molecule has 0 aliphatic rings. The molecule has 0 radical (unpaired) electrons. The van der Waals surface area contributed by atoms with Crippen LogP contribution in [0.2, 0.25) is 0 Å². The number of sulfonamides is 1. The van der Waals surface area contributed by atoms with Crippen molar-refractivity contribution >= 4 is 21.7 Å². The van der Waals surface area contributed by atoms with Crippen molar-refractivity contribution in [3.05, 3.63) is 23.8 Å². The number of anilines is 1. The zero-order valence-corrected chi connectivity index (χ0v) is 12.3. The summed E-state index contributed by atoms with van der Waals surface area (Å²) in [6.07, 6.45) is 0. The second-order valence-corrected chi connectivity index (χ2v) is 6.35. The second-order valence-electron chi connectivity index (χ2n) is 4.39. The minimum atomic E-state index is -3.97. The van der Waals surface area contributed by atoms with E-state index in [0.29, 0.717) is 0 Å². The number of nitrogens with zero attached hydrogens (tertiary/aromatic N) is 1. The van der Waals surface area contributed by atoms with Crippen molar-refractivity contribution in [2.75, 3.05) is 26.5 Å². The van der Waals surface area contributed by atoms with Gasteiger partial charge in [0, 0.05) is 25.9 Å². The smallest absolute Gasteiger partial charge is 0.337 e. The molecule has 1 atom stereocenters. The van der Waals surface area contributed by atoms with E-state index in [4.69, 9.17) is 15.6 Å². The highest BCUT2D eigenvalue weighted by atomic mass is 32.2. The van der Waals surface area contributed by atoms with E-state index in [1.54, 1.807) is 6.92 Å². The molecule has 1 rings (SSSR count). The first-order valence-electron chi connectivity index (χ1n) is 5.81. The molecule has 0 aliphatic carbocycles. The molecule has 0 spiro atoms. The van der Waals surface area contributed by atoms with E-state index in [-0.39, 0.29) is 22.8 Å². The van der Waals surface area contributed by atoms with Crippen LogP contribution in [0.3, 0.4) is 0 Å². The topological polar surface area (TPSA) is 110 Å². The van der Waals surface area contributed by atoms with Gasteiger partial charge in [0.05, 0.1) is 17.1 Å². The van der Waals surface area contributed by atoms with Crippen LogP contribution in [0.25, 0.3) is 0 Å². The number of aromatic carboxylic acids is 1. The van der Waals surface area contributed by atoms with E-state index in [9.17, 15) is 13.2 Å². The van der Waals surface area contributed by atoms with E-state index in [1.165, 1.54) is 26.3 Å².